The van der Waals surface area contributed by atoms with Crippen molar-refractivity contribution in [3.63, 3.8) is 0 Å². The number of nitrogens with zero attached hydrogens (tertiary/aromatic N) is 2. The van der Waals surface area contributed by atoms with Gasteiger partial charge in [-0.3, -0.25) is 0 Å². The fourth-order valence-electron chi connectivity index (χ4n) is 1.53. The van der Waals surface area contributed by atoms with Crippen molar-refractivity contribution in [2.75, 3.05) is 11.1 Å². The quantitative estimate of drug-likeness (QED) is 0.847. The molecule has 4 nitrogen and oxygen atoms in total. The van der Waals surface area contributed by atoms with E-state index in [0.717, 1.165) is 5.69 Å². The van der Waals surface area contributed by atoms with Crippen molar-refractivity contribution in [2.45, 2.75) is 19.8 Å². The molecule has 0 aliphatic heterocycles. The summed E-state index contributed by atoms with van der Waals surface area (Å²) in [4.78, 5) is 8.14. The maximum absolute atomic E-state index is 5.48. The summed E-state index contributed by atoms with van der Waals surface area (Å²) >= 11 is 0. The molecule has 0 aliphatic carbocycles. The maximum atomic E-state index is 5.48. The zero-order valence-corrected chi connectivity index (χ0v) is 10.0. The van der Waals surface area contributed by atoms with Gasteiger partial charge in [0.05, 0.1) is 12.4 Å². The van der Waals surface area contributed by atoms with Gasteiger partial charge in [0.15, 0.2) is 0 Å². The summed E-state index contributed by atoms with van der Waals surface area (Å²) in [6, 6.07) is 8.26. The van der Waals surface area contributed by atoms with Gasteiger partial charge in [-0.15, -0.1) is 0 Å². The Morgan fingerprint density at radius 3 is 2.65 bits per heavy atom. The molecule has 88 valence electrons. The first kappa shape index (κ1) is 11.4. The normalized spacial score (nSPS) is 10.5. The zero-order chi connectivity index (χ0) is 12.3. The van der Waals surface area contributed by atoms with Crippen LogP contribution in [0, 0.1) is 0 Å². The molecule has 3 N–H and O–H groups in total. The molecule has 0 saturated heterocycles. The van der Waals surface area contributed by atoms with E-state index >= 15 is 0 Å². The SMILES string of the molecule is CC(C)c1cccc(Nc2cnc(N)cn2)c1. The highest BCUT2D eigenvalue weighted by Crippen LogP contribution is 2.20. The van der Waals surface area contributed by atoms with Gasteiger partial charge in [0, 0.05) is 5.69 Å². The minimum Gasteiger partial charge on any atom is -0.382 e. The fourth-order valence-corrected chi connectivity index (χ4v) is 1.53. The predicted octanol–water partition coefficient (Wildman–Crippen LogP) is 2.93. The average molecular weight is 228 g/mol. The van der Waals surface area contributed by atoms with Gasteiger partial charge in [-0.25, -0.2) is 9.97 Å². The van der Waals surface area contributed by atoms with Gasteiger partial charge < -0.3 is 11.1 Å². The molecule has 0 atom stereocenters. The molecular formula is C13H16N4. The molecule has 0 saturated carbocycles. The van der Waals surface area contributed by atoms with E-state index < -0.39 is 0 Å². The third-order valence-corrected chi connectivity index (χ3v) is 2.50. The first-order valence-electron chi connectivity index (χ1n) is 5.59. The monoisotopic (exact) mass is 228 g/mol. The van der Waals surface area contributed by atoms with E-state index in [1.807, 2.05) is 12.1 Å². The van der Waals surface area contributed by atoms with Crippen LogP contribution < -0.4 is 11.1 Å². The molecule has 2 rings (SSSR count). The van der Waals surface area contributed by atoms with E-state index in [9.17, 15) is 0 Å². The van der Waals surface area contributed by atoms with Crippen LogP contribution >= 0.6 is 0 Å². The van der Waals surface area contributed by atoms with Crippen LogP contribution in [-0.4, -0.2) is 9.97 Å². The average Bonchev–Trinajstić information content (AvgIpc) is 2.32. The van der Waals surface area contributed by atoms with Crippen molar-refractivity contribution in [3.05, 3.63) is 42.2 Å². The first-order chi connectivity index (χ1) is 8.15. The Hall–Kier alpha value is -2.10. The highest BCUT2D eigenvalue weighted by Gasteiger charge is 2.01. The summed E-state index contributed by atoms with van der Waals surface area (Å²) in [6.07, 6.45) is 3.16. The van der Waals surface area contributed by atoms with Gasteiger partial charge in [-0.1, -0.05) is 26.0 Å². The topological polar surface area (TPSA) is 63.8 Å². The Balaban J connectivity index is 2.18. The number of nitrogens with two attached hydrogens (primary N) is 1. The van der Waals surface area contributed by atoms with Crippen LogP contribution in [0.15, 0.2) is 36.7 Å². The molecule has 0 radical (unpaired) electrons. The van der Waals surface area contributed by atoms with Gasteiger partial charge in [0.2, 0.25) is 0 Å². The summed E-state index contributed by atoms with van der Waals surface area (Å²) in [5.41, 5.74) is 7.78. The summed E-state index contributed by atoms with van der Waals surface area (Å²) < 4.78 is 0. The van der Waals surface area contributed by atoms with E-state index in [4.69, 9.17) is 5.73 Å². The highest BCUT2D eigenvalue weighted by molar-refractivity contribution is 5.56. The minimum atomic E-state index is 0.423. The van der Waals surface area contributed by atoms with E-state index in [0.29, 0.717) is 17.6 Å². The van der Waals surface area contributed by atoms with Crippen LogP contribution in [-0.2, 0) is 0 Å². The van der Waals surface area contributed by atoms with Crippen molar-refractivity contribution in [1.29, 1.82) is 0 Å². The van der Waals surface area contributed by atoms with Crippen molar-refractivity contribution >= 4 is 17.3 Å². The van der Waals surface area contributed by atoms with Crippen molar-refractivity contribution in [2.24, 2.45) is 0 Å². The van der Waals surface area contributed by atoms with Crippen LogP contribution in [0.5, 0.6) is 0 Å². The second-order valence-corrected chi connectivity index (χ2v) is 4.23. The van der Waals surface area contributed by atoms with Gasteiger partial charge >= 0.3 is 0 Å². The molecule has 0 aliphatic rings. The molecule has 1 heterocycles. The maximum Gasteiger partial charge on any atom is 0.149 e. The zero-order valence-electron chi connectivity index (χ0n) is 10.0. The first-order valence-corrected chi connectivity index (χ1v) is 5.59. The fraction of sp³-hybridized carbons (Fsp3) is 0.231. The number of nitrogens with one attached hydrogen (secondary N) is 1. The molecule has 1 aromatic heterocycles. The number of nitrogen functional groups attached to an aromatic ring is 1. The second-order valence-electron chi connectivity index (χ2n) is 4.23. The molecule has 17 heavy (non-hydrogen) atoms. The molecule has 0 spiro atoms. The number of hydrogen-bond donors (Lipinski definition) is 2. The van der Waals surface area contributed by atoms with Crippen LogP contribution in [0.1, 0.15) is 25.3 Å². The van der Waals surface area contributed by atoms with Crippen LogP contribution in [0.25, 0.3) is 0 Å². The molecule has 2 aromatic rings. The molecule has 1 aromatic carbocycles. The summed E-state index contributed by atoms with van der Waals surface area (Å²) in [6.45, 7) is 4.34. The molecule has 0 amide bonds. The van der Waals surface area contributed by atoms with Crippen molar-refractivity contribution in [1.82, 2.24) is 9.97 Å². The number of benzene rings is 1. The summed E-state index contributed by atoms with van der Waals surface area (Å²) in [5, 5.41) is 3.20. The Bertz CT molecular complexity index is 491. The molecule has 0 unspecified atom stereocenters. The number of rotatable bonds is 3. The Kier molecular flexibility index (Phi) is 3.23. The van der Waals surface area contributed by atoms with E-state index in [1.54, 1.807) is 6.20 Å². The summed E-state index contributed by atoms with van der Waals surface area (Å²) in [5.74, 6) is 1.63. The highest BCUT2D eigenvalue weighted by atomic mass is 15.0. The molecule has 0 bridgehead atoms. The largest absolute Gasteiger partial charge is 0.382 e. The lowest BCUT2D eigenvalue weighted by molar-refractivity contribution is 0.867. The minimum absolute atomic E-state index is 0.423. The standard InChI is InChI=1S/C13H16N4/c1-9(2)10-4-3-5-11(6-10)17-13-8-15-12(14)7-16-13/h3-9H,1-2H3,(H2,14,15)(H,16,17). The van der Waals surface area contributed by atoms with Crippen molar-refractivity contribution in [3.8, 4) is 0 Å². The number of hydrogen-bond acceptors (Lipinski definition) is 4. The van der Waals surface area contributed by atoms with E-state index in [1.165, 1.54) is 11.8 Å². The lowest BCUT2D eigenvalue weighted by atomic mass is 10.0. The van der Waals surface area contributed by atoms with E-state index in [2.05, 4.69) is 41.3 Å². The second kappa shape index (κ2) is 4.82. The lowest BCUT2D eigenvalue weighted by Gasteiger charge is -2.09. The van der Waals surface area contributed by atoms with Crippen LogP contribution in [0.4, 0.5) is 17.3 Å². The van der Waals surface area contributed by atoms with Crippen LogP contribution in [0.3, 0.4) is 0 Å². The molecule has 4 heteroatoms. The van der Waals surface area contributed by atoms with Crippen molar-refractivity contribution < 1.29 is 0 Å². The third kappa shape index (κ3) is 2.93. The number of aromatic nitrogens is 2. The Morgan fingerprint density at radius 1 is 1.18 bits per heavy atom. The van der Waals surface area contributed by atoms with E-state index in [-0.39, 0.29) is 0 Å². The summed E-state index contributed by atoms with van der Waals surface area (Å²) in [7, 11) is 0. The Labute approximate surface area is 101 Å². The van der Waals surface area contributed by atoms with Gasteiger partial charge in [0.25, 0.3) is 0 Å². The number of anilines is 3. The smallest absolute Gasteiger partial charge is 0.149 e. The van der Waals surface area contributed by atoms with Crippen LogP contribution in [0.2, 0.25) is 0 Å². The Morgan fingerprint density at radius 2 is 2.00 bits per heavy atom. The lowest BCUT2D eigenvalue weighted by Crippen LogP contribution is -1.98. The van der Waals surface area contributed by atoms with Gasteiger partial charge in [-0.05, 0) is 23.6 Å². The third-order valence-electron chi connectivity index (χ3n) is 2.50. The van der Waals surface area contributed by atoms with Gasteiger partial charge in [0.1, 0.15) is 11.6 Å². The molecule has 0 fully saturated rings. The molecular weight excluding hydrogens is 212 g/mol. The van der Waals surface area contributed by atoms with Gasteiger partial charge in [-0.2, -0.15) is 0 Å². The predicted molar refractivity (Wildman–Crippen MR) is 70.3 cm³/mol.